The van der Waals surface area contributed by atoms with Crippen molar-refractivity contribution in [1.29, 1.82) is 0 Å². The second-order valence-electron chi connectivity index (χ2n) is 6.98. The number of aromatic amines is 1. The van der Waals surface area contributed by atoms with Crippen LogP contribution < -0.4 is 0 Å². The van der Waals surface area contributed by atoms with Gasteiger partial charge in [0.2, 0.25) is 10.0 Å². The number of nitrogens with zero attached hydrogens (tertiary/aromatic N) is 3. The Labute approximate surface area is 153 Å². The molecule has 1 saturated heterocycles. The largest absolute Gasteiger partial charge is 0.458 e. The fraction of sp³-hybridized carbons (Fsp3) is 0.529. The molecule has 8 nitrogen and oxygen atoms in total. The maximum absolute atomic E-state index is 13.0. The second kappa shape index (κ2) is 6.88. The van der Waals surface area contributed by atoms with Gasteiger partial charge in [0.15, 0.2) is 5.76 Å². The Hall–Kier alpha value is -2.13. The third kappa shape index (κ3) is 3.28. The predicted octanol–water partition coefficient (Wildman–Crippen LogP) is 2.10. The van der Waals surface area contributed by atoms with E-state index in [1.807, 2.05) is 0 Å². The zero-order valence-electron chi connectivity index (χ0n) is 15.4. The highest BCUT2D eigenvalue weighted by atomic mass is 32.2. The molecule has 0 radical (unpaired) electrons. The molecule has 9 heteroatoms. The molecule has 2 aromatic rings. The van der Waals surface area contributed by atoms with Gasteiger partial charge in [0.25, 0.3) is 5.91 Å². The third-order valence-corrected chi connectivity index (χ3v) is 6.76. The highest BCUT2D eigenvalue weighted by molar-refractivity contribution is 7.89. The summed E-state index contributed by atoms with van der Waals surface area (Å²) < 4.78 is 33.2. The van der Waals surface area contributed by atoms with E-state index < -0.39 is 10.0 Å². The first-order valence-corrected chi connectivity index (χ1v) is 10.0. The molecule has 0 saturated carbocycles. The smallest absolute Gasteiger partial charge is 0.257 e. The van der Waals surface area contributed by atoms with Gasteiger partial charge in [-0.05, 0) is 25.7 Å². The van der Waals surface area contributed by atoms with E-state index >= 15 is 0 Å². The van der Waals surface area contributed by atoms with Gasteiger partial charge >= 0.3 is 0 Å². The molecule has 0 unspecified atom stereocenters. The van der Waals surface area contributed by atoms with Crippen LogP contribution in [0.4, 0.5) is 0 Å². The third-order valence-electron chi connectivity index (χ3n) is 4.75. The SMILES string of the molecule is Cc1oc(-c2[nH]ncc2C(=O)N(C)C)cc1S(=O)(=O)N1CCC(C)CC1. The summed E-state index contributed by atoms with van der Waals surface area (Å²) in [6.45, 7) is 4.77. The average Bonchev–Trinajstić information content (AvgIpc) is 3.21. The number of hydrogen-bond acceptors (Lipinski definition) is 5. The first-order valence-electron chi connectivity index (χ1n) is 8.57. The summed E-state index contributed by atoms with van der Waals surface area (Å²) in [6.07, 6.45) is 3.12. The molecule has 142 valence electrons. The van der Waals surface area contributed by atoms with Crippen LogP contribution in [0, 0.1) is 12.8 Å². The van der Waals surface area contributed by atoms with Gasteiger partial charge in [-0.25, -0.2) is 8.42 Å². The molecule has 0 aromatic carbocycles. The first-order chi connectivity index (χ1) is 12.2. The lowest BCUT2D eigenvalue weighted by Crippen LogP contribution is -2.37. The van der Waals surface area contributed by atoms with Gasteiger partial charge in [-0.2, -0.15) is 9.40 Å². The fourth-order valence-corrected chi connectivity index (χ4v) is 4.72. The van der Waals surface area contributed by atoms with Crippen LogP contribution in [0.3, 0.4) is 0 Å². The van der Waals surface area contributed by atoms with Crippen molar-refractivity contribution in [2.75, 3.05) is 27.2 Å². The number of amides is 1. The summed E-state index contributed by atoms with van der Waals surface area (Å²) >= 11 is 0. The number of hydrogen-bond donors (Lipinski definition) is 1. The number of piperidine rings is 1. The lowest BCUT2D eigenvalue weighted by atomic mass is 10.0. The van der Waals surface area contributed by atoms with Crippen molar-refractivity contribution in [3.05, 3.63) is 23.6 Å². The first kappa shape index (κ1) is 18.7. The lowest BCUT2D eigenvalue weighted by molar-refractivity contribution is 0.0828. The van der Waals surface area contributed by atoms with Crippen LogP contribution in [-0.4, -0.2) is 60.9 Å². The van der Waals surface area contributed by atoms with Crippen LogP contribution in [0.1, 0.15) is 35.9 Å². The van der Waals surface area contributed by atoms with Crippen molar-refractivity contribution in [2.24, 2.45) is 5.92 Å². The van der Waals surface area contributed by atoms with E-state index in [0.717, 1.165) is 12.8 Å². The van der Waals surface area contributed by atoms with Gasteiger partial charge in [0.05, 0.1) is 11.8 Å². The Balaban J connectivity index is 1.96. The molecule has 0 bridgehead atoms. The van der Waals surface area contributed by atoms with Gasteiger partial charge in [-0.15, -0.1) is 0 Å². The van der Waals surface area contributed by atoms with Gasteiger partial charge in [0, 0.05) is 33.3 Å². The van der Waals surface area contributed by atoms with E-state index in [-0.39, 0.29) is 16.6 Å². The molecular formula is C17H24N4O4S. The minimum atomic E-state index is -3.63. The number of nitrogens with one attached hydrogen (secondary N) is 1. The van der Waals surface area contributed by atoms with E-state index in [1.165, 1.54) is 21.5 Å². The summed E-state index contributed by atoms with van der Waals surface area (Å²) in [5, 5.41) is 6.64. The highest BCUT2D eigenvalue weighted by Crippen LogP contribution is 2.32. The van der Waals surface area contributed by atoms with Crippen molar-refractivity contribution < 1.29 is 17.6 Å². The molecule has 1 aliphatic rings. The van der Waals surface area contributed by atoms with Crippen LogP contribution >= 0.6 is 0 Å². The van der Waals surface area contributed by atoms with Crippen molar-refractivity contribution in [3.8, 4) is 11.5 Å². The Kier molecular flexibility index (Phi) is 4.94. The van der Waals surface area contributed by atoms with Crippen LogP contribution in [0.25, 0.3) is 11.5 Å². The van der Waals surface area contributed by atoms with Gasteiger partial charge in [-0.3, -0.25) is 9.89 Å². The number of sulfonamides is 1. The topological polar surface area (TPSA) is 99.5 Å². The van der Waals surface area contributed by atoms with Gasteiger partial charge in [-0.1, -0.05) is 6.92 Å². The Morgan fingerprint density at radius 2 is 2.00 bits per heavy atom. The summed E-state index contributed by atoms with van der Waals surface area (Å²) in [6, 6.07) is 1.47. The maximum atomic E-state index is 13.0. The molecule has 1 amide bonds. The Bertz CT molecular complexity index is 905. The normalized spacial score (nSPS) is 16.8. The standard InChI is InChI=1S/C17H24N4O4S/c1-11-5-7-21(8-6-11)26(23,24)15-9-14(25-12(15)2)16-13(10-18-19-16)17(22)20(3)4/h9-11H,5-8H2,1-4H3,(H,18,19). The monoisotopic (exact) mass is 380 g/mol. The quantitative estimate of drug-likeness (QED) is 0.876. The van der Waals surface area contributed by atoms with Crippen LogP contribution in [0.5, 0.6) is 0 Å². The predicted molar refractivity (Wildman–Crippen MR) is 96.2 cm³/mol. The fourth-order valence-electron chi connectivity index (χ4n) is 3.09. The van der Waals surface area contributed by atoms with Gasteiger partial charge in [0.1, 0.15) is 16.3 Å². The molecule has 3 rings (SSSR count). The highest BCUT2D eigenvalue weighted by Gasteiger charge is 2.32. The molecule has 3 heterocycles. The molecule has 1 aliphatic heterocycles. The molecular weight excluding hydrogens is 356 g/mol. The zero-order valence-corrected chi connectivity index (χ0v) is 16.3. The Morgan fingerprint density at radius 1 is 1.35 bits per heavy atom. The molecule has 0 aliphatic carbocycles. The molecule has 1 N–H and O–H groups in total. The summed E-state index contributed by atoms with van der Waals surface area (Å²) in [5.74, 6) is 0.884. The van der Waals surface area contributed by atoms with Crippen molar-refractivity contribution in [1.82, 2.24) is 19.4 Å². The van der Waals surface area contributed by atoms with Crippen LogP contribution in [0.2, 0.25) is 0 Å². The van der Waals surface area contributed by atoms with Crippen molar-refractivity contribution in [2.45, 2.75) is 31.6 Å². The summed E-state index contributed by atoms with van der Waals surface area (Å²) in [4.78, 5) is 13.8. The maximum Gasteiger partial charge on any atom is 0.257 e. The molecule has 0 spiro atoms. The number of carbonyl (C=O) groups is 1. The minimum absolute atomic E-state index is 0.139. The van der Waals surface area contributed by atoms with Crippen molar-refractivity contribution >= 4 is 15.9 Å². The molecule has 1 fully saturated rings. The zero-order chi connectivity index (χ0) is 19.1. The lowest BCUT2D eigenvalue weighted by Gasteiger charge is -2.29. The van der Waals surface area contributed by atoms with E-state index in [9.17, 15) is 13.2 Å². The van der Waals surface area contributed by atoms with Crippen LogP contribution in [0.15, 0.2) is 21.6 Å². The van der Waals surface area contributed by atoms with E-state index in [1.54, 1.807) is 21.0 Å². The van der Waals surface area contributed by atoms with E-state index in [4.69, 9.17) is 4.42 Å². The number of aromatic nitrogens is 2. The van der Waals surface area contributed by atoms with E-state index in [0.29, 0.717) is 36.0 Å². The summed E-state index contributed by atoms with van der Waals surface area (Å²) in [7, 11) is -0.349. The summed E-state index contributed by atoms with van der Waals surface area (Å²) in [5.41, 5.74) is 0.708. The number of furan rings is 1. The molecule has 26 heavy (non-hydrogen) atoms. The van der Waals surface area contributed by atoms with Gasteiger partial charge < -0.3 is 9.32 Å². The number of aryl methyl sites for hydroxylation is 1. The molecule has 0 atom stereocenters. The number of rotatable bonds is 4. The van der Waals surface area contributed by atoms with Crippen LogP contribution in [-0.2, 0) is 10.0 Å². The van der Waals surface area contributed by atoms with Crippen molar-refractivity contribution in [3.63, 3.8) is 0 Å². The average molecular weight is 380 g/mol. The molecule has 2 aromatic heterocycles. The number of carbonyl (C=O) groups excluding carboxylic acids is 1. The minimum Gasteiger partial charge on any atom is -0.458 e. The second-order valence-corrected chi connectivity index (χ2v) is 8.88. The number of H-pyrrole nitrogens is 1. The van der Waals surface area contributed by atoms with E-state index in [2.05, 4.69) is 17.1 Å². The Morgan fingerprint density at radius 3 is 2.62 bits per heavy atom.